The van der Waals surface area contributed by atoms with E-state index < -0.39 is 0 Å². The first-order valence-electron chi connectivity index (χ1n) is 13.2. The Morgan fingerprint density at radius 2 is 1.85 bits per heavy atom. The van der Waals surface area contributed by atoms with Crippen LogP contribution in [0, 0.1) is 5.92 Å². The molecule has 11 heteroatoms. The Kier molecular flexibility index (Phi) is 7.39. The van der Waals surface area contributed by atoms with E-state index in [1.807, 2.05) is 42.6 Å². The summed E-state index contributed by atoms with van der Waals surface area (Å²) in [5.41, 5.74) is 10.6. The maximum absolute atomic E-state index is 11.9. The summed E-state index contributed by atoms with van der Waals surface area (Å²) in [5.74, 6) is 1.27. The largest absolute Gasteiger partial charge is 0.384 e. The van der Waals surface area contributed by atoms with Crippen LogP contribution in [0.15, 0.2) is 65.8 Å². The molecule has 0 unspecified atom stereocenters. The molecule has 0 spiro atoms. The average Bonchev–Trinajstić information content (AvgIpc) is 3.29. The summed E-state index contributed by atoms with van der Waals surface area (Å²) < 4.78 is 0. The number of nitrogen functional groups attached to an aromatic ring is 1. The molecule has 2 amide bonds. The molecule has 0 saturated carbocycles. The third-order valence-corrected chi connectivity index (χ3v) is 7.95. The van der Waals surface area contributed by atoms with Gasteiger partial charge >= 0.3 is 0 Å². The molecule has 1 aromatic carbocycles. The maximum Gasteiger partial charge on any atom is 0.290 e. The Morgan fingerprint density at radius 1 is 1.02 bits per heavy atom. The van der Waals surface area contributed by atoms with Crippen molar-refractivity contribution in [3.05, 3.63) is 77.1 Å². The van der Waals surface area contributed by atoms with Crippen LogP contribution in [0.2, 0.25) is 0 Å². The number of hydrogen-bond acceptors (Lipinski definition) is 10. The van der Waals surface area contributed by atoms with Gasteiger partial charge in [0, 0.05) is 43.0 Å². The zero-order valence-electron chi connectivity index (χ0n) is 21.7. The number of piperidine rings is 1. The highest BCUT2D eigenvalue weighted by atomic mass is 32.2. The van der Waals surface area contributed by atoms with Crippen molar-refractivity contribution in [1.29, 1.82) is 0 Å². The van der Waals surface area contributed by atoms with Crippen molar-refractivity contribution >= 4 is 51.7 Å². The highest BCUT2D eigenvalue weighted by Crippen LogP contribution is 2.30. The van der Waals surface area contributed by atoms with Gasteiger partial charge in [0.25, 0.3) is 11.1 Å². The number of nitrogens with zero attached hydrogens (tertiary/aromatic N) is 5. The highest BCUT2D eigenvalue weighted by molar-refractivity contribution is 8.18. The van der Waals surface area contributed by atoms with E-state index >= 15 is 0 Å². The molecule has 2 aliphatic rings. The Morgan fingerprint density at radius 3 is 2.67 bits per heavy atom. The molecule has 2 saturated heterocycles. The van der Waals surface area contributed by atoms with Gasteiger partial charge in [-0.15, -0.1) is 0 Å². The van der Waals surface area contributed by atoms with Crippen LogP contribution in [0.3, 0.4) is 0 Å². The first-order chi connectivity index (χ1) is 19.5. The number of nitrogens with one attached hydrogen (secondary N) is 2. The summed E-state index contributed by atoms with van der Waals surface area (Å²) in [6.45, 7) is 3.27. The van der Waals surface area contributed by atoms with Crippen LogP contribution in [0.5, 0.6) is 0 Å². The molecular weight excluding hydrogens is 524 g/mol. The molecule has 4 N–H and O–H groups in total. The molecule has 2 aliphatic heterocycles. The van der Waals surface area contributed by atoms with Crippen molar-refractivity contribution in [1.82, 2.24) is 30.6 Å². The maximum atomic E-state index is 11.9. The Balaban J connectivity index is 1.07. The third-order valence-electron chi connectivity index (χ3n) is 7.14. The number of para-hydroxylation sites is 1. The SMILES string of the molecule is Nc1ccc(CNCC2CCN(c3nccc(C=C4SC(=O)NC4=O)n3)CC2)c(-c2ccnc3ccccc23)n1. The molecule has 0 radical (unpaired) electrons. The minimum atomic E-state index is -0.389. The van der Waals surface area contributed by atoms with E-state index in [4.69, 9.17) is 10.7 Å². The number of benzene rings is 1. The molecule has 40 heavy (non-hydrogen) atoms. The molecule has 0 atom stereocenters. The fraction of sp³-hybridized carbons (Fsp3) is 0.241. The molecule has 0 bridgehead atoms. The van der Waals surface area contributed by atoms with Gasteiger partial charge in [-0.1, -0.05) is 24.3 Å². The lowest BCUT2D eigenvalue weighted by Gasteiger charge is -2.32. The number of carbonyl (C=O) groups is 2. The molecule has 10 nitrogen and oxygen atoms in total. The summed E-state index contributed by atoms with van der Waals surface area (Å²) in [7, 11) is 0. The van der Waals surface area contributed by atoms with Crippen LogP contribution in [0.1, 0.15) is 24.1 Å². The van der Waals surface area contributed by atoms with Crippen LogP contribution in [-0.4, -0.2) is 50.7 Å². The molecule has 202 valence electrons. The summed E-state index contributed by atoms with van der Waals surface area (Å²) in [5, 5.41) is 6.59. The van der Waals surface area contributed by atoms with Crippen molar-refractivity contribution < 1.29 is 9.59 Å². The quantitative estimate of drug-likeness (QED) is 0.288. The number of carbonyl (C=O) groups excluding carboxylic acids is 2. The molecule has 0 aliphatic carbocycles. The standard InChI is InChI=1S/C29H28N8O2S/c30-25-6-5-19(26(35-25)22-8-12-32-23-4-2-1-3-21(22)23)17-31-16-18-9-13-37(14-10-18)28-33-11-7-20(34-28)15-24-27(38)36-29(39)40-24/h1-8,11-12,15,18,31H,9-10,13-14,16-17H2,(H2,30,35)(H,36,38,39). The topological polar surface area (TPSA) is 139 Å². The second kappa shape index (κ2) is 11.4. The van der Waals surface area contributed by atoms with Crippen LogP contribution in [0.25, 0.3) is 28.2 Å². The van der Waals surface area contributed by atoms with Crippen LogP contribution >= 0.6 is 11.8 Å². The van der Waals surface area contributed by atoms with E-state index in [0.717, 1.165) is 72.0 Å². The Hall–Kier alpha value is -4.35. The number of imide groups is 1. The Labute approximate surface area is 235 Å². The van der Waals surface area contributed by atoms with Gasteiger partial charge in [0.05, 0.1) is 21.8 Å². The van der Waals surface area contributed by atoms with Gasteiger partial charge in [-0.25, -0.2) is 15.0 Å². The number of rotatable bonds is 7. The summed E-state index contributed by atoms with van der Waals surface area (Å²) in [4.78, 5) is 44.0. The lowest BCUT2D eigenvalue weighted by molar-refractivity contribution is -0.115. The summed E-state index contributed by atoms with van der Waals surface area (Å²) in [6.07, 6.45) is 7.15. The number of pyridine rings is 2. The molecular formula is C29H28N8O2S. The number of anilines is 2. The van der Waals surface area contributed by atoms with Crippen LogP contribution in [0.4, 0.5) is 16.6 Å². The van der Waals surface area contributed by atoms with E-state index in [-0.39, 0.29) is 11.1 Å². The first kappa shape index (κ1) is 25.9. The second-order valence-electron chi connectivity index (χ2n) is 9.81. The van der Waals surface area contributed by atoms with E-state index in [2.05, 4.69) is 36.6 Å². The van der Waals surface area contributed by atoms with Gasteiger partial charge < -0.3 is 16.0 Å². The first-order valence-corrected chi connectivity index (χ1v) is 14.0. The van der Waals surface area contributed by atoms with E-state index in [1.54, 1.807) is 18.3 Å². The second-order valence-corrected chi connectivity index (χ2v) is 10.8. The predicted molar refractivity (Wildman–Crippen MR) is 157 cm³/mol. The average molecular weight is 553 g/mol. The van der Waals surface area contributed by atoms with Gasteiger partial charge in [-0.3, -0.25) is 19.9 Å². The van der Waals surface area contributed by atoms with Crippen LogP contribution in [-0.2, 0) is 11.3 Å². The van der Waals surface area contributed by atoms with E-state index in [9.17, 15) is 9.59 Å². The van der Waals surface area contributed by atoms with Gasteiger partial charge in [0.2, 0.25) is 5.95 Å². The number of hydrogen-bond donors (Lipinski definition) is 3. The van der Waals surface area contributed by atoms with Crippen LogP contribution < -0.4 is 21.3 Å². The lowest BCUT2D eigenvalue weighted by Crippen LogP contribution is -2.38. The number of amides is 2. The molecule has 3 aromatic heterocycles. The number of fused-ring (bicyclic) bond motifs is 1. The van der Waals surface area contributed by atoms with Gasteiger partial charge in [0.15, 0.2) is 0 Å². The molecule has 6 rings (SSSR count). The minimum Gasteiger partial charge on any atom is -0.384 e. The lowest BCUT2D eigenvalue weighted by atomic mass is 9.96. The van der Waals surface area contributed by atoms with Gasteiger partial charge in [-0.2, -0.15) is 0 Å². The Bertz CT molecular complexity index is 1610. The zero-order valence-corrected chi connectivity index (χ0v) is 22.5. The van der Waals surface area contributed by atoms with Crippen molar-refractivity contribution in [2.24, 2.45) is 5.92 Å². The number of nitrogens with two attached hydrogens (primary N) is 1. The number of thioether (sulfide) groups is 1. The van der Waals surface area contributed by atoms with E-state index in [1.165, 1.54) is 0 Å². The normalized spacial score (nSPS) is 17.1. The minimum absolute atomic E-state index is 0.344. The summed E-state index contributed by atoms with van der Waals surface area (Å²) >= 11 is 0.884. The van der Waals surface area contributed by atoms with Crippen molar-refractivity contribution in [3.8, 4) is 11.3 Å². The van der Waals surface area contributed by atoms with E-state index in [0.29, 0.717) is 34.8 Å². The third kappa shape index (κ3) is 5.65. The monoisotopic (exact) mass is 552 g/mol. The zero-order chi connectivity index (χ0) is 27.5. The smallest absolute Gasteiger partial charge is 0.290 e. The molecule has 4 aromatic rings. The van der Waals surface area contributed by atoms with Crippen molar-refractivity contribution in [2.45, 2.75) is 19.4 Å². The van der Waals surface area contributed by atoms with Crippen molar-refractivity contribution in [3.63, 3.8) is 0 Å². The predicted octanol–water partition coefficient (Wildman–Crippen LogP) is 4.00. The molecule has 2 fully saturated rings. The van der Waals surface area contributed by atoms with Crippen molar-refractivity contribution in [2.75, 3.05) is 30.3 Å². The fourth-order valence-corrected chi connectivity index (χ4v) is 5.75. The number of aromatic nitrogens is 4. The fourth-order valence-electron chi connectivity index (χ4n) is 5.08. The van der Waals surface area contributed by atoms with Gasteiger partial charge in [-0.05, 0) is 73.0 Å². The highest BCUT2D eigenvalue weighted by Gasteiger charge is 2.26. The summed E-state index contributed by atoms with van der Waals surface area (Å²) in [6, 6.07) is 15.7. The molecule has 5 heterocycles. The van der Waals surface area contributed by atoms with Gasteiger partial charge in [0.1, 0.15) is 5.82 Å².